The quantitative estimate of drug-likeness (QED) is 0.139. The molecule has 0 spiro atoms. The minimum absolute atomic E-state index is 0.0370. The molecule has 0 atom stereocenters. The van der Waals surface area contributed by atoms with E-state index >= 15 is 0 Å². The topological polar surface area (TPSA) is 185 Å². The number of ether oxygens (including phenoxy) is 1. The van der Waals surface area contributed by atoms with E-state index in [0.29, 0.717) is 13.1 Å². The van der Waals surface area contributed by atoms with Gasteiger partial charge in [0.25, 0.3) is 0 Å². The van der Waals surface area contributed by atoms with Gasteiger partial charge < -0.3 is 25.2 Å². The maximum Gasteiger partial charge on any atom is 0.320 e. The van der Waals surface area contributed by atoms with Crippen LogP contribution in [0.2, 0.25) is 0 Å². The van der Waals surface area contributed by atoms with Crippen LogP contribution in [0.5, 0.6) is 0 Å². The third kappa shape index (κ3) is 13.2. The van der Waals surface area contributed by atoms with Gasteiger partial charge in [-0.1, -0.05) is 6.92 Å². The van der Waals surface area contributed by atoms with Crippen molar-refractivity contribution < 1.29 is 49.1 Å². The number of carbonyl (C=O) groups excluding carboxylic acids is 1. The van der Waals surface area contributed by atoms with Crippen molar-refractivity contribution in [3.63, 3.8) is 0 Å². The molecule has 0 aliphatic heterocycles. The molecule has 0 bridgehead atoms. The number of esters is 1. The van der Waals surface area contributed by atoms with E-state index in [1.165, 1.54) is 4.90 Å². The van der Waals surface area contributed by atoms with E-state index in [9.17, 15) is 24.0 Å². The van der Waals surface area contributed by atoms with Gasteiger partial charge >= 0.3 is 29.8 Å². The summed E-state index contributed by atoms with van der Waals surface area (Å²) in [6.07, 6.45) is 0. The van der Waals surface area contributed by atoms with E-state index in [-0.39, 0.29) is 39.3 Å². The van der Waals surface area contributed by atoms with Crippen molar-refractivity contribution in [3.05, 3.63) is 0 Å². The van der Waals surface area contributed by atoms with Crippen LogP contribution >= 0.6 is 0 Å². The number of rotatable bonds is 18. The summed E-state index contributed by atoms with van der Waals surface area (Å²) in [7, 11) is 0. The van der Waals surface area contributed by atoms with Crippen molar-refractivity contribution in [2.75, 3.05) is 65.5 Å². The molecule has 0 rings (SSSR count). The lowest BCUT2D eigenvalue weighted by Crippen LogP contribution is -2.46. The Morgan fingerprint density at radius 1 is 0.710 bits per heavy atom. The molecule has 0 aromatic rings. The van der Waals surface area contributed by atoms with Crippen LogP contribution in [0.25, 0.3) is 0 Å². The van der Waals surface area contributed by atoms with Crippen molar-refractivity contribution >= 4 is 29.8 Å². The van der Waals surface area contributed by atoms with Gasteiger partial charge in [0, 0.05) is 32.7 Å². The zero-order valence-electron chi connectivity index (χ0n) is 17.7. The summed E-state index contributed by atoms with van der Waals surface area (Å²) in [6.45, 7) is 3.40. The maximum atomic E-state index is 11.6. The summed E-state index contributed by atoms with van der Waals surface area (Å²) in [5.41, 5.74) is 0. The van der Waals surface area contributed by atoms with Gasteiger partial charge in [-0.3, -0.25) is 38.7 Å². The SMILES string of the molecule is CCOC(=O)CN(CC)CCN(CCN(CC(=O)O)CC(C(=O)O)C(=O)O)CC(=O)O. The van der Waals surface area contributed by atoms with Gasteiger partial charge in [0.2, 0.25) is 0 Å². The smallest absolute Gasteiger partial charge is 0.320 e. The van der Waals surface area contributed by atoms with E-state index < -0.39 is 48.9 Å². The second-order valence-corrected chi connectivity index (χ2v) is 6.70. The van der Waals surface area contributed by atoms with E-state index in [0.717, 1.165) is 4.90 Å². The molecule has 0 unspecified atom stereocenters. The van der Waals surface area contributed by atoms with Crippen LogP contribution in [0, 0.1) is 5.92 Å². The molecule has 0 saturated heterocycles. The lowest BCUT2D eigenvalue weighted by molar-refractivity contribution is -0.156. The Labute approximate surface area is 179 Å². The molecule has 13 heteroatoms. The van der Waals surface area contributed by atoms with Gasteiger partial charge in [-0.05, 0) is 13.5 Å². The molecule has 0 aromatic heterocycles. The summed E-state index contributed by atoms with van der Waals surface area (Å²) in [5.74, 6) is -7.80. The minimum Gasteiger partial charge on any atom is -0.481 e. The van der Waals surface area contributed by atoms with Crippen molar-refractivity contribution in [1.82, 2.24) is 14.7 Å². The Morgan fingerprint density at radius 2 is 1.16 bits per heavy atom. The lowest BCUT2D eigenvalue weighted by Gasteiger charge is -2.28. The largest absolute Gasteiger partial charge is 0.481 e. The van der Waals surface area contributed by atoms with Crippen molar-refractivity contribution in [2.24, 2.45) is 5.92 Å². The fourth-order valence-electron chi connectivity index (χ4n) is 2.71. The Balaban J connectivity index is 5.05. The van der Waals surface area contributed by atoms with E-state index in [2.05, 4.69) is 0 Å². The highest BCUT2D eigenvalue weighted by Gasteiger charge is 2.29. The number of hydrogen-bond acceptors (Lipinski definition) is 9. The number of carbonyl (C=O) groups is 5. The molecule has 0 fully saturated rings. The molecule has 178 valence electrons. The zero-order valence-corrected chi connectivity index (χ0v) is 17.7. The summed E-state index contributed by atoms with van der Waals surface area (Å²) in [4.78, 5) is 60.5. The first-order valence-electron chi connectivity index (χ1n) is 9.71. The predicted molar refractivity (Wildman–Crippen MR) is 106 cm³/mol. The van der Waals surface area contributed by atoms with Crippen LogP contribution in [-0.2, 0) is 28.7 Å². The molecule has 4 N–H and O–H groups in total. The molecule has 0 heterocycles. The third-order valence-corrected chi connectivity index (χ3v) is 4.32. The highest BCUT2D eigenvalue weighted by atomic mass is 16.5. The van der Waals surface area contributed by atoms with Gasteiger partial charge in [0.15, 0.2) is 5.92 Å². The van der Waals surface area contributed by atoms with Gasteiger partial charge in [-0.2, -0.15) is 0 Å². The summed E-state index contributed by atoms with van der Waals surface area (Å²) in [5, 5.41) is 36.2. The van der Waals surface area contributed by atoms with Crippen LogP contribution in [0.15, 0.2) is 0 Å². The minimum atomic E-state index is -1.81. The number of carboxylic acid groups (broad SMARTS) is 4. The highest BCUT2D eigenvalue weighted by molar-refractivity contribution is 5.93. The van der Waals surface area contributed by atoms with Gasteiger partial charge in [-0.25, -0.2) is 0 Å². The second-order valence-electron chi connectivity index (χ2n) is 6.70. The molecule has 0 amide bonds. The first-order valence-corrected chi connectivity index (χ1v) is 9.71. The Morgan fingerprint density at radius 3 is 1.58 bits per heavy atom. The zero-order chi connectivity index (χ0) is 24.0. The average molecular weight is 449 g/mol. The van der Waals surface area contributed by atoms with Crippen molar-refractivity contribution in [2.45, 2.75) is 13.8 Å². The van der Waals surface area contributed by atoms with Crippen LogP contribution < -0.4 is 0 Å². The molecule has 0 aliphatic rings. The Bertz CT molecular complexity index is 614. The molecular weight excluding hydrogens is 418 g/mol. The Hall–Kier alpha value is -2.77. The maximum absolute atomic E-state index is 11.6. The molecule has 0 saturated carbocycles. The summed E-state index contributed by atoms with van der Waals surface area (Å²) >= 11 is 0. The van der Waals surface area contributed by atoms with E-state index in [4.69, 9.17) is 25.2 Å². The fraction of sp³-hybridized carbons (Fsp3) is 0.722. The monoisotopic (exact) mass is 449 g/mol. The first kappa shape index (κ1) is 28.2. The normalized spacial score (nSPS) is 11.3. The number of aliphatic carboxylic acids is 4. The van der Waals surface area contributed by atoms with E-state index in [1.54, 1.807) is 11.8 Å². The lowest BCUT2D eigenvalue weighted by atomic mass is 10.1. The molecule has 0 radical (unpaired) electrons. The average Bonchev–Trinajstić information content (AvgIpc) is 2.65. The van der Waals surface area contributed by atoms with Crippen LogP contribution in [0.1, 0.15) is 13.8 Å². The van der Waals surface area contributed by atoms with Gasteiger partial charge in [0.05, 0.1) is 26.2 Å². The molecule has 0 aromatic carbocycles. The van der Waals surface area contributed by atoms with Crippen LogP contribution in [0.4, 0.5) is 0 Å². The second kappa shape index (κ2) is 15.1. The predicted octanol–water partition coefficient (Wildman–Crippen LogP) is -1.57. The highest BCUT2D eigenvalue weighted by Crippen LogP contribution is 2.04. The molecular formula is C18H31N3O10. The molecule has 13 nitrogen and oxygen atoms in total. The Kier molecular flexibility index (Phi) is 13.7. The van der Waals surface area contributed by atoms with Crippen LogP contribution in [0.3, 0.4) is 0 Å². The number of likely N-dealkylation sites (N-methyl/N-ethyl adjacent to an activating group) is 1. The third-order valence-electron chi connectivity index (χ3n) is 4.32. The van der Waals surface area contributed by atoms with Gasteiger partial charge in [0.1, 0.15) is 0 Å². The van der Waals surface area contributed by atoms with Gasteiger partial charge in [-0.15, -0.1) is 0 Å². The molecule has 31 heavy (non-hydrogen) atoms. The summed E-state index contributed by atoms with van der Waals surface area (Å²) < 4.78 is 4.89. The molecule has 0 aliphatic carbocycles. The van der Waals surface area contributed by atoms with Crippen LogP contribution in [-0.4, -0.2) is 130 Å². The first-order chi connectivity index (χ1) is 14.5. The number of hydrogen-bond donors (Lipinski definition) is 4. The van der Waals surface area contributed by atoms with Crippen molar-refractivity contribution in [3.8, 4) is 0 Å². The number of nitrogens with zero attached hydrogens (tertiary/aromatic N) is 3. The number of carboxylic acids is 4. The van der Waals surface area contributed by atoms with E-state index in [1.807, 2.05) is 6.92 Å². The summed E-state index contributed by atoms with van der Waals surface area (Å²) in [6, 6.07) is 0. The standard InChI is InChI=1S/C18H31N3O10/c1-3-19(12-16(26)31-4-2)5-6-20(10-14(22)23)7-8-21(11-15(24)25)9-13(17(27)28)18(29)30/h13H,3-12H2,1-2H3,(H,22,23)(H,24,25)(H,27,28)(H,29,30). The van der Waals surface area contributed by atoms with Crippen molar-refractivity contribution in [1.29, 1.82) is 0 Å². The fourth-order valence-corrected chi connectivity index (χ4v) is 2.71.